The van der Waals surface area contributed by atoms with Crippen LogP contribution in [0.2, 0.25) is 0 Å². The van der Waals surface area contributed by atoms with Gasteiger partial charge in [-0.05, 0) is 61.0 Å². The average molecular weight is 531 g/mol. The number of rotatable bonds is 7. The lowest BCUT2D eigenvalue weighted by atomic mass is 10.1. The molecule has 178 valence electrons. The monoisotopic (exact) mass is 530 g/mol. The van der Waals surface area contributed by atoms with Crippen LogP contribution in [0.25, 0.3) is 16.9 Å². The molecule has 0 bridgehead atoms. The number of halogens is 1. The molecule has 4 rings (SSSR count). The molecule has 0 aliphatic rings. The Morgan fingerprint density at radius 2 is 1.63 bits per heavy atom. The molecule has 3 aromatic carbocycles. The van der Waals surface area contributed by atoms with Crippen LogP contribution in [0, 0.1) is 6.92 Å². The van der Waals surface area contributed by atoms with Crippen molar-refractivity contribution >= 4 is 33.6 Å². The van der Waals surface area contributed by atoms with Crippen molar-refractivity contribution in [3.63, 3.8) is 0 Å². The molecule has 1 N–H and O–H groups in total. The zero-order valence-electron chi connectivity index (χ0n) is 19.9. The zero-order valence-corrected chi connectivity index (χ0v) is 21.5. The molecule has 1 aromatic heterocycles. The van der Waals surface area contributed by atoms with Crippen molar-refractivity contribution in [2.75, 3.05) is 11.9 Å². The number of aryl methyl sites for hydroxylation is 1. The van der Waals surface area contributed by atoms with Crippen LogP contribution >= 0.6 is 15.9 Å². The summed E-state index contributed by atoms with van der Waals surface area (Å²) in [6, 6.07) is 26.6. The summed E-state index contributed by atoms with van der Waals surface area (Å²) in [5.41, 5.74) is 4.17. The molecule has 2 amide bonds. The third-order valence-electron chi connectivity index (χ3n) is 5.63. The van der Waals surface area contributed by atoms with Crippen molar-refractivity contribution in [1.29, 1.82) is 0 Å². The lowest BCUT2D eigenvalue weighted by molar-refractivity contribution is -0.117. The number of nitrogens with one attached hydrogen (secondary N) is 1. The van der Waals surface area contributed by atoms with E-state index in [0.717, 1.165) is 22.5 Å². The van der Waals surface area contributed by atoms with Crippen molar-refractivity contribution in [2.24, 2.45) is 0 Å². The summed E-state index contributed by atoms with van der Waals surface area (Å²) in [6.07, 6.45) is 0. The highest BCUT2D eigenvalue weighted by Gasteiger charge is 2.24. The molecule has 0 aliphatic carbocycles. The van der Waals surface area contributed by atoms with Gasteiger partial charge in [0.25, 0.3) is 5.91 Å². The van der Waals surface area contributed by atoms with Crippen molar-refractivity contribution in [1.82, 2.24) is 14.7 Å². The minimum atomic E-state index is -0.299. The predicted molar refractivity (Wildman–Crippen MR) is 143 cm³/mol. The maximum absolute atomic E-state index is 13.2. The highest BCUT2D eigenvalue weighted by molar-refractivity contribution is 9.10. The van der Waals surface area contributed by atoms with Gasteiger partial charge in [-0.15, -0.1) is 0 Å². The molecule has 7 heteroatoms. The maximum atomic E-state index is 13.2. The molecule has 0 spiro atoms. The van der Waals surface area contributed by atoms with Crippen LogP contribution in [0.4, 0.5) is 5.82 Å². The van der Waals surface area contributed by atoms with E-state index in [9.17, 15) is 9.59 Å². The number of carbonyl (C=O) groups is 2. The highest BCUT2D eigenvalue weighted by atomic mass is 79.9. The van der Waals surface area contributed by atoms with Gasteiger partial charge in [0.1, 0.15) is 12.4 Å². The quantitative estimate of drug-likeness (QED) is 0.314. The Morgan fingerprint density at radius 3 is 2.29 bits per heavy atom. The SMILES string of the molecule is Cc1ccc(-n2nc(-c3ccccc3)cc2NC(=O)CN(C(=O)c2ccccc2Br)C(C)C)cc1. The topological polar surface area (TPSA) is 67.2 Å². The Bertz CT molecular complexity index is 1330. The standard InChI is InChI=1S/C28H27BrN4O2/c1-19(2)32(28(35)23-11-7-8-12-24(23)29)18-27(34)30-26-17-25(21-9-5-4-6-10-21)31-33(26)22-15-13-20(3)14-16-22/h4-17,19H,18H2,1-3H3,(H,30,34). The van der Waals surface area contributed by atoms with Crippen molar-refractivity contribution in [3.8, 4) is 16.9 Å². The van der Waals surface area contributed by atoms with Gasteiger partial charge in [-0.3, -0.25) is 9.59 Å². The summed E-state index contributed by atoms with van der Waals surface area (Å²) in [6.45, 7) is 5.73. The molecule has 1 heterocycles. The summed E-state index contributed by atoms with van der Waals surface area (Å²) in [5.74, 6) is 0.0290. The van der Waals surface area contributed by atoms with E-state index in [1.54, 1.807) is 15.6 Å². The molecule has 0 radical (unpaired) electrons. The third kappa shape index (κ3) is 5.69. The summed E-state index contributed by atoms with van der Waals surface area (Å²) in [7, 11) is 0. The van der Waals surface area contributed by atoms with Gasteiger partial charge in [0.05, 0.1) is 16.9 Å². The summed E-state index contributed by atoms with van der Waals surface area (Å²) < 4.78 is 2.41. The molecule has 0 fully saturated rings. The number of carbonyl (C=O) groups excluding carboxylic acids is 2. The number of hydrogen-bond acceptors (Lipinski definition) is 3. The largest absolute Gasteiger partial charge is 0.327 e. The Labute approximate surface area is 213 Å². The fourth-order valence-electron chi connectivity index (χ4n) is 3.72. The van der Waals surface area contributed by atoms with E-state index in [2.05, 4.69) is 21.2 Å². The van der Waals surface area contributed by atoms with Crippen molar-refractivity contribution in [2.45, 2.75) is 26.8 Å². The molecule has 0 saturated heterocycles. The molecule has 0 saturated carbocycles. The first-order valence-corrected chi connectivity index (χ1v) is 12.2. The van der Waals surface area contributed by atoms with E-state index >= 15 is 0 Å². The van der Waals surface area contributed by atoms with Gasteiger partial charge in [-0.25, -0.2) is 4.68 Å². The van der Waals surface area contributed by atoms with Crippen LogP contribution in [-0.4, -0.2) is 39.1 Å². The van der Waals surface area contributed by atoms with E-state index in [4.69, 9.17) is 5.10 Å². The second kappa shape index (κ2) is 10.7. The molecule has 6 nitrogen and oxygen atoms in total. The van der Waals surface area contributed by atoms with Crippen LogP contribution in [0.5, 0.6) is 0 Å². The van der Waals surface area contributed by atoms with Crippen LogP contribution in [0.3, 0.4) is 0 Å². The second-order valence-corrected chi connectivity index (χ2v) is 9.44. The van der Waals surface area contributed by atoms with Crippen LogP contribution in [0.15, 0.2) is 89.4 Å². The number of nitrogens with zero attached hydrogens (tertiary/aromatic N) is 3. The highest BCUT2D eigenvalue weighted by Crippen LogP contribution is 2.25. The van der Waals surface area contributed by atoms with Gasteiger partial charge in [0.2, 0.25) is 5.91 Å². The van der Waals surface area contributed by atoms with Crippen LogP contribution < -0.4 is 5.32 Å². The predicted octanol–water partition coefficient (Wildman–Crippen LogP) is 6.10. The van der Waals surface area contributed by atoms with Crippen LogP contribution in [0.1, 0.15) is 29.8 Å². The zero-order chi connectivity index (χ0) is 24.9. The van der Waals surface area contributed by atoms with E-state index < -0.39 is 0 Å². The van der Waals surface area contributed by atoms with Gasteiger partial charge in [-0.2, -0.15) is 5.10 Å². The lowest BCUT2D eigenvalue weighted by Gasteiger charge is -2.26. The minimum absolute atomic E-state index is 0.0857. The Morgan fingerprint density at radius 1 is 0.971 bits per heavy atom. The maximum Gasteiger partial charge on any atom is 0.255 e. The minimum Gasteiger partial charge on any atom is -0.327 e. The smallest absolute Gasteiger partial charge is 0.255 e. The summed E-state index contributed by atoms with van der Waals surface area (Å²) in [4.78, 5) is 27.9. The number of anilines is 1. The number of hydrogen-bond donors (Lipinski definition) is 1. The third-order valence-corrected chi connectivity index (χ3v) is 6.32. The summed E-state index contributed by atoms with van der Waals surface area (Å²) >= 11 is 3.44. The van der Waals surface area contributed by atoms with E-state index in [1.165, 1.54) is 0 Å². The lowest BCUT2D eigenvalue weighted by Crippen LogP contribution is -2.42. The number of benzene rings is 3. The molecular weight excluding hydrogens is 504 g/mol. The van der Waals surface area contributed by atoms with Crippen LogP contribution in [-0.2, 0) is 4.79 Å². The fourth-order valence-corrected chi connectivity index (χ4v) is 4.17. The Balaban J connectivity index is 1.62. The van der Waals surface area contributed by atoms with E-state index in [-0.39, 0.29) is 24.4 Å². The first-order valence-electron chi connectivity index (χ1n) is 11.4. The second-order valence-electron chi connectivity index (χ2n) is 8.58. The molecule has 0 atom stereocenters. The van der Waals surface area contributed by atoms with Gasteiger partial charge in [0, 0.05) is 22.1 Å². The van der Waals surface area contributed by atoms with Gasteiger partial charge in [-0.1, -0.05) is 60.2 Å². The van der Waals surface area contributed by atoms with Gasteiger partial charge >= 0.3 is 0 Å². The van der Waals surface area contributed by atoms with Gasteiger partial charge < -0.3 is 10.2 Å². The van der Waals surface area contributed by atoms with E-state index in [1.807, 2.05) is 99.6 Å². The van der Waals surface area contributed by atoms with Crippen molar-refractivity contribution in [3.05, 3.63) is 101 Å². The Hall–Kier alpha value is -3.71. The fraction of sp³-hybridized carbons (Fsp3) is 0.179. The number of aromatic nitrogens is 2. The van der Waals surface area contributed by atoms with Gasteiger partial charge in [0.15, 0.2) is 0 Å². The van der Waals surface area contributed by atoms with Crippen molar-refractivity contribution < 1.29 is 9.59 Å². The Kier molecular flexibility index (Phi) is 7.46. The molecule has 4 aromatic rings. The first-order chi connectivity index (χ1) is 16.8. The molecule has 0 unspecified atom stereocenters. The molecule has 0 aliphatic heterocycles. The number of amides is 2. The summed E-state index contributed by atoms with van der Waals surface area (Å²) in [5, 5.41) is 7.73. The molecular formula is C28H27BrN4O2. The average Bonchev–Trinajstić information content (AvgIpc) is 3.27. The van der Waals surface area contributed by atoms with E-state index in [0.29, 0.717) is 15.9 Å². The molecule has 35 heavy (non-hydrogen) atoms. The first kappa shape index (κ1) is 24.4. The normalized spacial score (nSPS) is 10.9.